The molecule has 0 bridgehead atoms. The lowest BCUT2D eigenvalue weighted by Gasteiger charge is -2.16. The van der Waals surface area contributed by atoms with Crippen LogP contribution < -0.4 is 15.4 Å². The van der Waals surface area contributed by atoms with Crippen molar-refractivity contribution in [3.63, 3.8) is 0 Å². The number of aliphatic carboxylic acids is 1. The second kappa shape index (κ2) is 7.25. The van der Waals surface area contributed by atoms with Crippen molar-refractivity contribution in [2.75, 3.05) is 12.4 Å². The lowest BCUT2D eigenvalue weighted by molar-refractivity contribution is -0.137. The first-order chi connectivity index (χ1) is 9.06. The van der Waals surface area contributed by atoms with Gasteiger partial charge in [-0.05, 0) is 18.6 Å². The van der Waals surface area contributed by atoms with Crippen LogP contribution in [0, 0.1) is 0 Å². The number of rotatable bonds is 6. The molecule has 0 aromatic heterocycles. The Bertz CT molecular complexity index is 448. The lowest BCUT2D eigenvalue weighted by Crippen LogP contribution is -2.38. The maximum Gasteiger partial charge on any atom is 0.319 e. The van der Waals surface area contributed by atoms with Crippen LogP contribution in [-0.2, 0) is 4.79 Å². The molecular weight excluding hydrogens is 248 g/mol. The Hall–Kier alpha value is -2.24. The Morgan fingerprint density at radius 3 is 2.63 bits per heavy atom. The van der Waals surface area contributed by atoms with Crippen molar-refractivity contribution in [2.45, 2.75) is 25.8 Å². The Morgan fingerprint density at radius 2 is 2.05 bits per heavy atom. The van der Waals surface area contributed by atoms with Gasteiger partial charge in [-0.15, -0.1) is 0 Å². The zero-order valence-corrected chi connectivity index (χ0v) is 11.0. The second-order valence-corrected chi connectivity index (χ2v) is 4.00. The number of carboxylic acids is 1. The van der Waals surface area contributed by atoms with Crippen LogP contribution in [0.15, 0.2) is 24.3 Å². The first-order valence-corrected chi connectivity index (χ1v) is 5.99. The van der Waals surface area contributed by atoms with Crippen LogP contribution in [0.2, 0.25) is 0 Å². The number of hydrogen-bond donors (Lipinski definition) is 3. The van der Waals surface area contributed by atoms with Crippen LogP contribution in [0.5, 0.6) is 5.75 Å². The smallest absolute Gasteiger partial charge is 0.319 e. The van der Waals surface area contributed by atoms with Crippen molar-refractivity contribution in [1.29, 1.82) is 0 Å². The number of anilines is 1. The summed E-state index contributed by atoms with van der Waals surface area (Å²) in [5.74, 6) is -0.395. The molecule has 0 spiro atoms. The highest BCUT2D eigenvalue weighted by atomic mass is 16.5. The van der Waals surface area contributed by atoms with Gasteiger partial charge in [0.05, 0.1) is 19.2 Å². The average molecular weight is 266 g/mol. The molecule has 1 unspecified atom stereocenters. The zero-order chi connectivity index (χ0) is 14.3. The molecule has 0 aliphatic rings. The summed E-state index contributed by atoms with van der Waals surface area (Å²) in [4.78, 5) is 22.4. The van der Waals surface area contributed by atoms with Gasteiger partial charge in [-0.25, -0.2) is 4.79 Å². The summed E-state index contributed by atoms with van der Waals surface area (Å²) in [6, 6.07) is 6.15. The molecule has 6 nitrogen and oxygen atoms in total. The molecule has 6 heteroatoms. The molecule has 0 radical (unpaired) electrons. The van der Waals surface area contributed by atoms with Gasteiger partial charge in [-0.3, -0.25) is 4.79 Å². The molecule has 1 aromatic carbocycles. The van der Waals surface area contributed by atoms with E-state index >= 15 is 0 Å². The van der Waals surface area contributed by atoms with E-state index in [9.17, 15) is 9.59 Å². The summed E-state index contributed by atoms with van der Waals surface area (Å²) in [6.07, 6.45) is 0.446. The van der Waals surface area contributed by atoms with E-state index in [-0.39, 0.29) is 6.42 Å². The highest BCUT2D eigenvalue weighted by Gasteiger charge is 2.14. The molecule has 0 saturated carbocycles. The predicted octanol–water partition coefficient (Wildman–Crippen LogP) is 2.07. The molecular formula is C13H18N2O4. The summed E-state index contributed by atoms with van der Waals surface area (Å²) in [5.41, 5.74) is 0.535. The number of carbonyl (C=O) groups is 2. The van der Waals surface area contributed by atoms with E-state index in [0.29, 0.717) is 17.9 Å². The number of carboxylic acid groups (broad SMARTS) is 1. The first kappa shape index (κ1) is 14.8. The van der Waals surface area contributed by atoms with Crippen LogP contribution >= 0.6 is 0 Å². The van der Waals surface area contributed by atoms with Crippen LogP contribution in [0.25, 0.3) is 0 Å². The van der Waals surface area contributed by atoms with Crippen LogP contribution in [0.1, 0.15) is 19.8 Å². The highest BCUT2D eigenvalue weighted by molar-refractivity contribution is 5.91. The number of carbonyl (C=O) groups excluding carboxylic acids is 1. The molecule has 1 atom stereocenters. The third-order valence-electron chi connectivity index (χ3n) is 2.60. The van der Waals surface area contributed by atoms with Gasteiger partial charge in [0.1, 0.15) is 5.75 Å². The van der Waals surface area contributed by atoms with Gasteiger partial charge in [0.2, 0.25) is 0 Å². The molecule has 0 aliphatic heterocycles. The summed E-state index contributed by atoms with van der Waals surface area (Å²) in [7, 11) is 1.51. The van der Waals surface area contributed by atoms with Gasteiger partial charge >= 0.3 is 12.0 Å². The molecule has 19 heavy (non-hydrogen) atoms. The number of benzene rings is 1. The minimum absolute atomic E-state index is 0.101. The standard InChI is InChI=1S/C13H18N2O4/c1-3-9(8-12(16)17)14-13(18)15-10-6-4-5-7-11(10)19-2/h4-7,9H,3,8H2,1-2H3,(H,16,17)(H2,14,15,18). The highest BCUT2D eigenvalue weighted by Crippen LogP contribution is 2.22. The van der Waals surface area contributed by atoms with E-state index in [0.717, 1.165) is 0 Å². The third kappa shape index (κ3) is 4.87. The molecule has 104 valence electrons. The summed E-state index contributed by atoms with van der Waals surface area (Å²) in [5, 5.41) is 14.0. The topological polar surface area (TPSA) is 87.7 Å². The zero-order valence-electron chi connectivity index (χ0n) is 11.0. The van der Waals surface area contributed by atoms with E-state index in [4.69, 9.17) is 9.84 Å². The minimum atomic E-state index is -0.940. The van der Waals surface area contributed by atoms with Crippen LogP contribution in [0.4, 0.5) is 10.5 Å². The van der Waals surface area contributed by atoms with Crippen molar-refractivity contribution in [3.8, 4) is 5.75 Å². The molecule has 0 saturated heterocycles. The molecule has 1 rings (SSSR count). The van der Waals surface area contributed by atoms with Crippen molar-refractivity contribution in [3.05, 3.63) is 24.3 Å². The van der Waals surface area contributed by atoms with Gasteiger partial charge in [-0.1, -0.05) is 19.1 Å². The van der Waals surface area contributed by atoms with E-state index in [2.05, 4.69) is 10.6 Å². The first-order valence-electron chi connectivity index (χ1n) is 5.99. The number of amides is 2. The summed E-state index contributed by atoms with van der Waals surface area (Å²) >= 11 is 0. The van der Waals surface area contributed by atoms with E-state index < -0.39 is 18.0 Å². The molecule has 0 heterocycles. The molecule has 1 aromatic rings. The fourth-order valence-corrected chi connectivity index (χ4v) is 1.60. The summed E-state index contributed by atoms with van der Waals surface area (Å²) < 4.78 is 5.11. The molecule has 2 amide bonds. The molecule has 0 fully saturated rings. The van der Waals surface area contributed by atoms with Crippen molar-refractivity contribution >= 4 is 17.7 Å². The van der Waals surface area contributed by atoms with Crippen molar-refractivity contribution in [1.82, 2.24) is 5.32 Å². The SMILES string of the molecule is CCC(CC(=O)O)NC(=O)Nc1ccccc1OC. The Morgan fingerprint density at radius 1 is 1.37 bits per heavy atom. The Kier molecular flexibility index (Phi) is 5.66. The fraction of sp³-hybridized carbons (Fsp3) is 0.385. The quantitative estimate of drug-likeness (QED) is 0.735. The summed E-state index contributed by atoms with van der Waals surface area (Å²) in [6.45, 7) is 1.82. The Labute approximate surface area is 111 Å². The third-order valence-corrected chi connectivity index (χ3v) is 2.60. The largest absolute Gasteiger partial charge is 0.495 e. The Balaban J connectivity index is 2.61. The second-order valence-electron chi connectivity index (χ2n) is 4.00. The number of urea groups is 1. The van der Waals surface area contributed by atoms with Crippen LogP contribution in [0.3, 0.4) is 0 Å². The van der Waals surface area contributed by atoms with Gasteiger partial charge in [0.15, 0.2) is 0 Å². The lowest BCUT2D eigenvalue weighted by atomic mass is 10.1. The van der Waals surface area contributed by atoms with Gasteiger partial charge in [-0.2, -0.15) is 0 Å². The maximum atomic E-state index is 11.8. The number of methoxy groups -OCH3 is 1. The number of para-hydroxylation sites is 2. The van der Waals surface area contributed by atoms with Crippen molar-refractivity contribution in [2.24, 2.45) is 0 Å². The van der Waals surface area contributed by atoms with Gasteiger partial charge < -0.3 is 20.5 Å². The predicted molar refractivity (Wildman–Crippen MR) is 71.5 cm³/mol. The number of hydrogen-bond acceptors (Lipinski definition) is 3. The van der Waals surface area contributed by atoms with Gasteiger partial charge in [0, 0.05) is 6.04 Å². The monoisotopic (exact) mass is 266 g/mol. The van der Waals surface area contributed by atoms with E-state index in [1.54, 1.807) is 24.3 Å². The number of nitrogens with one attached hydrogen (secondary N) is 2. The van der Waals surface area contributed by atoms with Gasteiger partial charge in [0.25, 0.3) is 0 Å². The fourth-order valence-electron chi connectivity index (χ4n) is 1.60. The maximum absolute atomic E-state index is 11.8. The van der Waals surface area contributed by atoms with Crippen LogP contribution in [-0.4, -0.2) is 30.3 Å². The minimum Gasteiger partial charge on any atom is -0.495 e. The number of ether oxygens (including phenoxy) is 1. The van der Waals surface area contributed by atoms with E-state index in [1.165, 1.54) is 7.11 Å². The average Bonchev–Trinajstić information content (AvgIpc) is 2.38. The molecule has 0 aliphatic carbocycles. The molecule has 3 N–H and O–H groups in total. The van der Waals surface area contributed by atoms with Crippen molar-refractivity contribution < 1.29 is 19.4 Å². The van der Waals surface area contributed by atoms with E-state index in [1.807, 2.05) is 6.92 Å². The normalized spacial score (nSPS) is 11.5.